The van der Waals surface area contributed by atoms with Crippen LogP contribution in [0.25, 0.3) is 5.83 Å². The Labute approximate surface area is 222 Å². The van der Waals surface area contributed by atoms with E-state index < -0.39 is 5.60 Å². The normalized spacial score (nSPS) is 18.6. The number of nitrogens with zero attached hydrogens (tertiary/aromatic N) is 6. The van der Waals surface area contributed by atoms with Gasteiger partial charge in [0.1, 0.15) is 23.1 Å². The zero-order valence-electron chi connectivity index (χ0n) is 22.2. The number of hydrogen-bond acceptors (Lipinski definition) is 8. The Balaban J connectivity index is 1.30. The number of anilines is 5. The molecule has 38 heavy (non-hydrogen) atoms. The molecule has 2 aromatic heterocycles. The van der Waals surface area contributed by atoms with E-state index >= 15 is 4.39 Å². The molecule has 1 saturated carbocycles. The van der Waals surface area contributed by atoms with Crippen LogP contribution in [0.2, 0.25) is 0 Å². The Morgan fingerprint density at radius 2 is 1.74 bits per heavy atom. The quantitative estimate of drug-likeness (QED) is 0.483. The van der Waals surface area contributed by atoms with Crippen molar-refractivity contribution >= 4 is 34.8 Å². The van der Waals surface area contributed by atoms with Crippen molar-refractivity contribution in [1.82, 2.24) is 19.9 Å². The van der Waals surface area contributed by atoms with Gasteiger partial charge in [0.05, 0.1) is 17.8 Å². The van der Waals surface area contributed by atoms with E-state index in [1.54, 1.807) is 26.1 Å². The second-order valence-corrected chi connectivity index (χ2v) is 11.0. The number of rotatable bonds is 6. The standard InChI is InChI=1S/C29H34FN7O/c1-29(2,38)24-5-4-6-25(33-24)37-18-23(19-7-8-19)26(30)22-17-31-28(34-27(22)37)32-20-9-11-21(12-10-20)36-15-13-35(3)14-16-36/h4-6,9-12,17,19,38H,7-8,13-16,18H2,1-3H3,(H,31,32,34). The van der Waals surface area contributed by atoms with Crippen molar-refractivity contribution in [3.05, 3.63) is 65.5 Å². The maximum Gasteiger partial charge on any atom is 0.229 e. The van der Waals surface area contributed by atoms with Gasteiger partial charge in [0, 0.05) is 43.8 Å². The van der Waals surface area contributed by atoms with Gasteiger partial charge in [-0.2, -0.15) is 4.98 Å². The van der Waals surface area contributed by atoms with Gasteiger partial charge in [-0.25, -0.2) is 14.4 Å². The summed E-state index contributed by atoms with van der Waals surface area (Å²) < 4.78 is 15.6. The van der Waals surface area contributed by atoms with Crippen LogP contribution in [0.1, 0.15) is 37.9 Å². The van der Waals surface area contributed by atoms with Crippen molar-refractivity contribution in [2.45, 2.75) is 32.3 Å². The molecule has 2 aliphatic heterocycles. The number of likely N-dealkylation sites (N-methyl/N-ethyl adjacent to an activating group) is 1. The van der Waals surface area contributed by atoms with Gasteiger partial charge >= 0.3 is 0 Å². The van der Waals surface area contributed by atoms with Gasteiger partial charge in [0.15, 0.2) is 0 Å². The smallest absolute Gasteiger partial charge is 0.229 e. The number of pyridine rings is 1. The lowest BCUT2D eigenvalue weighted by molar-refractivity contribution is 0.0739. The Morgan fingerprint density at radius 1 is 1.00 bits per heavy atom. The minimum absolute atomic E-state index is 0.222. The molecule has 0 spiro atoms. The summed E-state index contributed by atoms with van der Waals surface area (Å²) in [6, 6.07) is 13.8. The Kier molecular flexibility index (Phi) is 6.28. The molecule has 2 fully saturated rings. The van der Waals surface area contributed by atoms with Gasteiger partial charge in [-0.1, -0.05) is 6.07 Å². The first-order chi connectivity index (χ1) is 18.3. The van der Waals surface area contributed by atoms with Gasteiger partial charge in [0.2, 0.25) is 5.95 Å². The highest BCUT2D eigenvalue weighted by molar-refractivity contribution is 5.81. The fourth-order valence-corrected chi connectivity index (χ4v) is 5.07. The van der Waals surface area contributed by atoms with Crippen molar-refractivity contribution in [3.63, 3.8) is 0 Å². The van der Waals surface area contributed by atoms with Crippen LogP contribution in [0.4, 0.5) is 33.3 Å². The molecule has 4 heterocycles. The summed E-state index contributed by atoms with van der Waals surface area (Å²) in [5.41, 5.74) is 2.67. The lowest BCUT2D eigenvalue weighted by Crippen LogP contribution is -2.44. The second kappa shape index (κ2) is 9.63. The first kappa shape index (κ1) is 24.8. The number of aromatic nitrogens is 3. The summed E-state index contributed by atoms with van der Waals surface area (Å²) in [6.45, 7) is 7.92. The average molecular weight is 516 g/mol. The van der Waals surface area contributed by atoms with Crippen LogP contribution in [0.3, 0.4) is 0 Å². The Hall–Kier alpha value is -3.56. The van der Waals surface area contributed by atoms with Crippen LogP contribution in [0.5, 0.6) is 0 Å². The van der Waals surface area contributed by atoms with E-state index in [0.717, 1.165) is 50.3 Å². The molecule has 0 atom stereocenters. The molecule has 1 saturated heterocycles. The SMILES string of the molecule is CN1CCN(c2ccc(Nc3ncc4c(n3)N(c3cccc(C(C)(C)O)n3)CC(C3CC3)=C4F)cc2)CC1. The molecular formula is C29H34FN7O. The minimum atomic E-state index is -1.09. The molecule has 8 nitrogen and oxygen atoms in total. The maximum atomic E-state index is 15.6. The monoisotopic (exact) mass is 515 g/mol. The number of piperazine rings is 1. The Bertz CT molecular complexity index is 1360. The summed E-state index contributed by atoms with van der Waals surface area (Å²) in [6.07, 6.45) is 3.55. The number of aliphatic hydroxyl groups is 1. The van der Waals surface area contributed by atoms with E-state index in [1.165, 1.54) is 5.69 Å². The fourth-order valence-electron chi connectivity index (χ4n) is 5.07. The molecule has 198 valence electrons. The number of nitrogens with one attached hydrogen (secondary N) is 1. The molecule has 0 radical (unpaired) electrons. The van der Waals surface area contributed by atoms with E-state index in [0.29, 0.717) is 35.4 Å². The minimum Gasteiger partial charge on any atom is -0.384 e. The van der Waals surface area contributed by atoms with Gasteiger partial charge in [0.25, 0.3) is 0 Å². The van der Waals surface area contributed by atoms with Crippen molar-refractivity contribution in [2.24, 2.45) is 5.92 Å². The molecule has 3 aromatic rings. The molecular weight excluding hydrogens is 481 g/mol. The molecule has 0 amide bonds. The molecule has 0 bridgehead atoms. The van der Waals surface area contributed by atoms with Gasteiger partial charge in [-0.3, -0.25) is 0 Å². The van der Waals surface area contributed by atoms with Gasteiger partial charge in [-0.15, -0.1) is 0 Å². The summed E-state index contributed by atoms with van der Waals surface area (Å²) in [5, 5.41) is 13.8. The van der Waals surface area contributed by atoms with Crippen LogP contribution >= 0.6 is 0 Å². The van der Waals surface area contributed by atoms with E-state index in [4.69, 9.17) is 9.97 Å². The number of fused-ring (bicyclic) bond motifs is 1. The van der Waals surface area contributed by atoms with E-state index in [1.807, 2.05) is 29.2 Å². The van der Waals surface area contributed by atoms with Crippen LogP contribution in [-0.4, -0.2) is 64.7 Å². The zero-order valence-corrected chi connectivity index (χ0v) is 22.2. The van der Waals surface area contributed by atoms with Crippen molar-refractivity contribution < 1.29 is 9.50 Å². The third-order valence-corrected chi connectivity index (χ3v) is 7.57. The number of halogens is 1. The van der Waals surface area contributed by atoms with E-state index in [-0.39, 0.29) is 11.7 Å². The fraction of sp³-hybridized carbons (Fsp3) is 0.414. The molecule has 2 N–H and O–H groups in total. The highest BCUT2D eigenvalue weighted by Gasteiger charge is 2.37. The predicted octanol–water partition coefficient (Wildman–Crippen LogP) is 4.84. The molecule has 0 unspecified atom stereocenters. The first-order valence-corrected chi connectivity index (χ1v) is 13.3. The number of benzene rings is 1. The van der Waals surface area contributed by atoms with Crippen LogP contribution < -0.4 is 15.1 Å². The summed E-state index contributed by atoms with van der Waals surface area (Å²) in [4.78, 5) is 20.6. The molecule has 1 aliphatic carbocycles. The molecule has 3 aliphatic rings. The average Bonchev–Trinajstić information content (AvgIpc) is 3.75. The maximum absolute atomic E-state index is 15.6. The lowest BCUT2D eigenvalue weighted by atomic mass is 10.0. The van der Waals surface area contributed by atoms with E-state index in [2.05, 4.69) is 39.3 Å². The summed E-state index contributed by atoms with van der Waals surface area (Å²) in [5.74, 6) is 1.51. The highest BCUT2D eigenvalue weighted by atomic mass is 19.1. The molecule has 1 aromatic carbocycles. The predicted molar refractivity (Wildman–Crippen MR) is 149 cm³/mol. The van der Waals surface area contributed by atoms with Crippen molar-refractivity contribution in [3.8, 4) is 0 Å². The third kappa shape index (κ3) is 4.96. The van der Waals surface area contributed by atoms with E-state index in [9.17, 15) is 5.11 Å². The zero-order chi connectivity index (χ0) is 26.4. The lowest BCUT2D eigenvalue weighted by Gasteiger charge is -2.34. The largest absolute Gasteiger partial charge is 0.384 e. The molecule has 9 heteroatoms. The van der Waals surface area contributed by atoms with Crippen molar-refractivity contribution in [1.29, 1.82) is 0 Å². The Morgan fingerprint density at radius 3 is 2.42 bits per heavy atom. The van der Waals surface area contributed by atoms with Gasteiger partial charge < -0.3 is 25.1 Å². The summed E-state index contributed by atoms with van der Waals surface area (Å²) in [7, 11) is 2.15. The van der Waals surface area contributed by atoms with Crippen molar-refractivity contribution in [2.75, 3.05) is 54.9 Å². The molecule has 6 rings (SSSR count). The van der Waals surface area contributed by atoms with Gasteiger partial charge in [-0.05, 0) is 81.6 Å². The second-order valence-electron chi connectivity index (χ2n) is 11.0. The van der Waals surface area contributed by atoms with Crippen LogP contribution in [-0.2, 0) is 5.60 Å². The highest BCUT2D eigenvalue weighted by Crippen LogP contribution is 2.47. The van der Waals surface area contributed by atoms with Crippen LogP contribution in [0.15, 0.2) is 54.2 Å². The topological polar surface area (TPSA) is 80.7 Å². The number of hydrogen-bond donors (Lipinski definition) is 2. The third-order valence-electron chi connectivity index (χ3n) is 7.57. The first-order valence-electron chi connectivity index (χ1n) is 13.3. The summed E-state index contributed by atoms with van der Waals surface area (Å²) >= 11 is 0. The van der Waals surface area contributed by atoms with Crippen LogP contribution in [0, 0.1) is 5.92 Å².